The SMILES string of the molecule is CC(C)c1ccc(CCC2(Cn3ccnc3)OC(C)C(C)O2)cc1. The highest BCUT2D eigenvalue weighted by molar-refractivity contribution is 5.24. The van der Waals surface area contributed by atoms with Crippen molar-refractivity contribution in [3.63, 3.8) is 0 Å². The molecule has 2 heterocycles. The molecule has 4 heteroatoms. The van der Waals surface area contributed by atoms with Gasteiger partial charge in [0.2, 0.25) is 0 Å². The fraction of sp³-hybridized carbons (Fsp3) is 0.550. The van der Waals surface area contributed by atoms with E-state index in [0.29, 0.717) is 12.5 Å². The summed E-state index contributed by atoms with van der Waals surface area (Å²) in [5.74, 6) is -0.00850. The Hall–Kier alpha value is -1.65. The largest absolute Gasteiger partial charge is 0.342 e. The third-order valence-electron chi connectivity index (χ3n) is 4.89. The van der Waals surface area contributed by atoms with Gasteiger partial charge in [0.15, 0.2) is 5.79 Å². The number of hydrogen-bond acceptors (Lipinski definition) is 3. The van der Waals surface area contributed by atoms with Gasteiger partial charge in [-0.15, -0.1) is 0 Å². The molecule has 1 aliphatic heterocycles. The highest BCUT2D eigenvalue weighted by atomic mass is 16.8. The van der Waals surface area contributed by atoms with E-state index in [4.69, 9.17) is 9.47 Å². The summed E-state index contributed by atoms with van der Waals surface area (Å²) in [6.45, 7) is 9.28. The summed E-state index contributed by atoms with van der Waals surface area (Å²) in [6.07, 6.45) is 7.56. The smallest absolute Gasteiger partial charge is 0.187 e. The predicted molar refractivity (Wildman–Crippen MR) is 94.9 cm³/mol. The van der Waals surface area contributed by atoms with Crippen LogP contribution in [0.15, 0.2) is 43.0 Å². The van der Waals surface area contributed by atoms with Crippen LogP contribution in [-0.4, -0.2) is 27.5 Å². The van der Waals surface area contributed by atoms with Crippen molar-refractivity contribution in [2.45, 2.75) is 71.0 Å². The van der Waals surface area contributed by atoms with Crippen LogP contribution in [0.1, 0.15) is 51.2 Å². The Bertz CT molecular complexity index is 624. The van der Waals surface area contributed by atoms with E-state index >= 15 is 0 Å². The van der Waals surface area contributed by atoms with Crippen molar-refractivity contribution in [1.29, 1.82) is 0 Å². The van der Waals surface area contributed by atoms with E-state index < -0.39 is 5.79 Å². The highest BCUT2D eigenvalue weighted by Gasteiger charge is 2.43. The fourth-order valence-corrected chi connectivity index (χ4v) is 3.23. The summed E-state index contributed by atoms with van der Waals surface area (Å²) in [5.41, 5.74) is 2.70. The van der Waals surface area contributed by atoms with E-state index in [0.717, 1.165) is 12.8 Å². The topological polar surface area (TPSA) is 36.3 Å². The van der Waals surface area contributed by atoms with Crippen LogP contribution in [0.4, 0.5) is 0 Å². The maximum atomic E-state index is 6.25. The Balaban J connectivity index is 1.70. The lowest BCUT2D eigenvalue weighted by atomic mass is 9.98. The van der Waals surface area contributed by atoms with Gasteiger partial charge in [-0.2, -0.15) is 0 Å². The molecule has 0 N–H and O–H groups in total. The number of hydrogen-bond donors (Lipinski definition) is 0. The van der Waals surface area contributed by atoms with Crippen LogP contribution in [0.3, 0.4) is 0 Å². The molecular weight excluding hydrogens is 300 g/mol. The van der Waals surface area contributed by atoms with Gasteiger partial charge in [0, 0.05) is 18.8 Å². The van der Waals surface area contributed by atoms with Crippen LogP contribution in [0.2, 0.25) is 0 Å². The molecule has 0 saturated carbocycles. The minimum atomic E-state index is -0.573. The van der Waals surface area contributed by atoms with Crippen molar-refractivity contribution < 1.29 is 9.47 Å². The van der Waals surface area contributed by atoms with E-state index in [1.165, 1.54) is 11.1 Å². The van der Waals surface area contributed by atoms with Gasteiger partial charge in [0.25, 0.3) is 0 Å². The first-order valence-electron chi connectivity index (χ1n) is 8.88. The second-order valence-corrected chi connectivity index (χ2v) is 7.19. The molecule has 3 rings (SSSR count). The zero-order chi connectivity index (χ0) is 17.2. The van der Waals surface area contributed by atoms with Gasteiger partial charge in [-0.3, -0.25) is 0 Å². The number of aromatic nitrogens is 2. The lowest BCUT2D eigenvalue weighted by Crippen LogP contribution is -2.36. The van der Waals surface area contributed by atoms with E-state index in [2.05, 4.69) is 56.9 Å². The van der Waals surface area contributed by atoms with Crippen molar-refractivity contribution >= 4 is 0 Å². The zero-order valence-corrected chi connectivity index (χ0v) is 15.1. The first-order valence-corrected chi connectivity index (χ1v) is 8.88. The van der Waals surface area contributed by atoms with Crippen LogP contribution in [0.5, 0.6) is 0 Å². The third-order valence-corrected chi connectivity index (χ3v) is 4.89. The van der Waals surface area contributed by atoms with E-state index in [-0.39, 0.29) is 12.2 Å². The highest BCUT2D eigenvalue weighted by Crippen LogP contribution is 2.34. The van der Waals surface area contributed by atoms with Gasteiger partial charge in [0.05, 0.1) is 25.1 Å². The molecule has 1 saturated heterocycles. The van der Waals surface area contributed by atoms with E-state index in [1.54, 1.807) is 6.20 Å². The molecule has 0 radical (unpaired) electrons. The van der Waals surface area contributed by atoms with Crippen LogP contribution in [0, 0.1) is 0 Å². The standard InChI is InChI=1S/C20H28N2O2/c1-15(2)19-7-5-18(6-8-19)9-10-20(13-22-12-11-21-14-22)23-16(3)17(4)24-20/h5-8,11-12,14-17H,9-10,13H2,1-4H3. The molecule has 1 fully saturated rings. The Morgan fingerprint density at radius 3 is 2.33 bits per heavy atom. The quantitative estimate of drug-likeness (QED) is 0.799. The van der Waals surface area contributed by atoms with Crippen LogP contribution >= 0.6 is 0 Å². The maximum absolute atomic E-state index is 6.25. The molecule has 2 atom stereocenters. The van der Waals surface area contributed by atoms with Crippen molar-refractivity contribution in [2.75, 3.05) is 0 Å². The first-order chi connectivity index (χ1) is 11.5. The number of imidazole rings is 1. The monoisotopic (exact) mass is 328 g/mol. The lowest BCUT2D eigenvalue weighted by Gasteiger charge is -2.28. The van der Waals surface area contributed by atoms with Crippen molar-refractivity contribution in [3.8, 4) is 0 Å². The van der Waals surface area contributed by atoms with Gasteiger partial charge in [-0.1, -0.05) is 38.1 Å². The average Bonchev–Trinajstić information content (AvgIpc) is 3.15. The molecule has 2 unspecified atom stereocenters. The predicted octanol–water partition coefficient (Wildman–Crippen LogP) is 4.16. The minimum Gasteiger partial charge on any atom is -0.342 e. The molecular formula is C20H28N2O2. The minimum absolute atomic E-state index is 0.108. The Labute approximate surface area is 144 Å². The number of rotatable bonds is 6. The lowest BCUT2D eigenvalue weighted by molar-refractivity contribution is -0.186. The molecule has 1 aliphatic rings. The number of nitrogens with zero attached hydrogens (tertiary/aromatic N) is 2. The second-order valence-electron chi connectivity index (χ2n) is 7.19. The second kappa shape index (κ2) is 7.08. The molecule has 4 nitrogen and oxygen atoms in total. The summed E-state index contributed by atoms with van der Waals surface area (Å²) in [5, 5.41) is 0. The van der Waals surface area contributed by atoms with Crippen LogP contribution in [0.25, 0.3) is 0 Å². The zero-order valence-electron chi connectivity index (χ0n) is 15.1. The van der Waals surface area contributed by atoms with E-state index in [1.807, 2.05) is 17.1 Å². The summed E-state index contributed by atoms with van der Waals surface area (Å²) in [6, 6.07) is 8.90. The molecule has 1 aromatic carbocycles. The fourth-order valence-electron chi connectivity index (χ4n) is 3.23. The molecule has 0 aliphatic carbocycles. The normalized spacial score (nSPS) is 27.0. The molecule has 130 valence electrons. The van der Waals surface area contributed by atoms with Gasteiger partial charge in [-0.05, 0) is 37.3 Å². The summed E-state index contributed by atoms with van der Waals surface area (Å²) in [7, 11) is 0. The summed E-state index contributed by atoms with van der Waals surface area (Å²) < 4.78 is 14.5. The van der Waals surface area contributed by atoms with E-state index in [9.17, 15) is 0 Å². The Morgan fingerprint density at radius 1 is 1.12 bits per heavy atom. The third kappa shape index (κ3) is 3.87. The molecule has 0 spiro atoms. The molecule has 24 heavy (non-hydrogen) atoms. The van der Waals surface area contributed by atoms with Crippen molar-refractivity contribution in [2.24, 2.45) is 0 Å². The van der Waals surface area contributed by atoms with Crippen molar-refractivity contribution in [3.05, 3.63) is 54.1 Å². The molecule has 0 amide bonds. The summed E-state index contributed by atoms with van der Waals surface area (Å²) in [4.78, 5) is 4.13. The number of benzene rings is 1. The van der Waals surface area contributed by atoms with Crippen LogP contribution < -0.4 is 0 Å². The van der Waals surface area contributed by atoms with Gasteiger partial charge in [0.1, 0.15) is 0 Å². The van der Waals surface area contributed by atoms with Crippen molar-refractivity contribution in [1.82, 2.24) is 9.55 Å². The van der Waals surface area contributed by atoms with Gasteiger partial charge in [-0.25, -0.2) is 4.98 Å². The number of aryl methyl sites for hydroxylation is 1. The molecule has 2 aromatic rings. The average molecular weight is 328 g/mol. The maximum Gasteiger partial charge on any atom is 0.187 e. The van der Waals surface area contributed by atoms with Gasteiger partial charge >= 0.3 is 0 Å². The number of ether oxygens (including phenoxy) is 2. The Morgan fingerprint density at radius 2 is 1.79 bits per heavy atom. The van der Waals surface area contributed by atoms with Gasteiger partial charge < -0.3 is 14.0 Å². The van der Waals surface area contributed by atoms with Crippen LogP contribution in [-0.2, 0) is 22.4 Å². The molecule has 0 bridgehead atoms. The molecule has 1 aromatic heterocycles. The Kier molecular flexibility index (Phi) is 5.07. The first kappa shape index (κ1) is 17.2. The summed E-state index contributed by atoms with van der Waals surface area (Å²) >= 11 is 0.